The molecule has 2 rings (SSSR count). The average molecular weight is 366 g/mol. The van der Waals surface area contributed by atoms with Crippen molar-refractivity contribution < 1.29 is 9.53 Å². The van der Waals surface area contributed by atoms with E-state index in [4.69, 9.17) is 4.74 Å². The van der Waals surface area contributed by atoms with E-state index in [1.165, 1.54) is 0 Å². The molecule has 0 aliphatic heterocycles. The van der Waals surface area contributed by atoms with Gasteiger partial charge in [-0.25, -0.2) is 0 Å². The van der Waals surface area contributed by atoms with Crippen LogP contribution in [0.4, 0.5) is 5.69 Å². The molecule has 2 aromatic rings. The minimum absolute atomic E-state index is 0.00483. The summed E-state index contributed by atoms with van der Waals surface area (Å²) in [5.41, 5.74) is 1.96. The van der Waals surface area contributed by atoms with Crippen LogP contribution in [0.5, 0.6) is 5.75 Å². The molecule has 2 aromatic carbocycles. The lowest BCUT2D eigenvalue weighted by Gasteiger charge is -2.06. The maximum atomic E-state index is 11.8. The molecule has 0 saturated carbocycles. The van der Waals surface area contributed by atoms with Gasteiger partial charge in [-0.15, -0.1) is 11.8 Å². The first-order valence-corrected chi connectivity index (χ1v) is 8.38. The van der Waals surface area contributed by atoms with Crippen LogP contribution in [0.3, 0.4) is 0 Å². The van der Waals surface area contributed by atoms with Crippen LogP contribution in [0.2, 0.25) is 0 Å². The van der Waals surface area contributed by atoms with Gasteiger partial charge < -0.3 is 10.1 Å². The minimum Gasteiger partial charge on any atom is -0.497 e. The third kappa shape index (κ3) is 5.44. The number of carbonyl (C=O) groups excluding carboxylic acids is 1. The van der Waals surface area contributed by atoms with Crippen LogP contribution in [0.15, 0.2) is 53.0 Å². The van der Waals surface area contributed by atoms with Crippen molar-refractivity contribution in [1.29, 1.82) is 0 Å². The van der Waals surface area contributed by atoms with E-state index >= 15 is 0 Å². The van der Waals surface area contributed by atoms with E-state index in [1.54, 1.807) is 18.9 Å². The number of benzene rings is 2. The Bertz CT molecular complexity index is 601. The van der Waals surface area contributed by atoms with Gasteiger partial charge in [0.15, 0.2) is 0 Å². The molecule has 0 bridgehead atoms. The van der Waals surface area contributed by atoms with Crippen molar-refractivity contribution in [2.75, 3.05) is 18.2 Å². The second kappa shape index (κ2) is 8.10. The van der Waals surface area contributed by atoms with E-state index in [0.29, 0.717) is 5.75 Å². The number of hydrogen-bond acceptors (Lipinski definition) is 3. The fraction of sp³-hybridized carbons (Fsp3) is 0.188. The van der Waals surface area contributed by atoms with Crippen molar-refractivity contribution in [2.24, 2.45) is 0 Å². The van der Waals surface area contributed by atoms with Crippen molar-refractivity contribution in [3.8, 4) is 5.75 Å². The molecular weight excluding hydrogens is 350 g/mol. The second-order valence-electron chi connectivity index (χ2n) is 4.40. The van der Waals surface area contributed by atoms with E-state index in [1.807, 2.05) is 48.5 Å². The molecule has 0 aliphatic rings. The van der Waals surface area contributed by atoms with E-state index in [2.05, 4.69) is 21.2 Å². The van der Waals surface area contributed by atoms with Gasteiger partial charge in [0.05, 0.1) is 12.9 Å². The van der Waals surface area contributed by atoms with Gasteiger partial charge in [0, 0.05) is 15.9 Å². The fourth-order valence-corrected chi connectivity index (χ4v) is 2.79. The summed E-state index contributed by atoms with van der Waals surface area (Å²) in [4.78, 5) is 11.8. The molecule has 0 unspecified atom stereocenters. The van der Waals surface area contributed by atoms with Crippen LogP contribution in [0, 0.1) is 0 Å². The summed E-state index contributed by atoms with van der Waals surface area (Å²) in [7, 11) is 1.65. The highest BCUT2D eigenvalue weighted by Gasteiger charge is 2.03. The van der Waals surface area contributed by atoms with Crippen molar-refractivity contribution in [3.63, 3.8) is 0 Å². The highest BCUT2D eigenvalue weighted by atomic mass is 79.9. The molecule has 3 nitrogen and oxygen atoms in total. The number of hydrogen-bond donors (Lipinski definition) is 1. The molecule has 0 aromatic heterocycles. The topological polar surface area (TPSA) is 38.3 Å². The van der Waals surface area contributed by atoms with E-state index in [-0.39, 0.29) is 5.91 Å². The predicted molar refractivity (Wildman–Crippen MR) is 91.9 cm³/mol. The average Bonchev–Trinajstić information content (AvgIpc) is 2.50. The highest BCUT2D eigenvalue weighted by Crippen LogP contribution is 2.18. The zero-order valence-corrected chi connectivity index (χ0v) is 14.0. The van der Waals surface area contributed by atoms with Gasteiger partial charge >= 0.3 is 0 Å². The van der Waals surface area contributed by atoms with E-state index < -0.39 is 0 Å². The van der Waals surface area contributed by atoms with Crippen molar-refractivity contribution in [3.05, 3.63) is 58.6 Å². The summed E-state index contributed by atoms with van der Waals surface area (Å²) in [5.74, 6) is 2.05. The van der Waals surface area contributed by atoms with Crippen molar-refractivity contribution >= 4 is 39.3 Å². The Morgan fingerprint density at radius 3 is 2.71 bits per heavy atom. The molecule has 0 aliphatic carbocycles. The zero-order valence-electron chi connectivity index (χ0n) is 11.6. The quantitative estimate of drug-likeness (QED) is 0.827. The largest absolute Gasteiger partial charge is 0.497 e. The summed E-state index contributed by atoms with van der Waals surface area (Å²) >= 11 is 4.94. The van der Waals surface area contributed by atoms with Crippen LogP contribution in [-0.2, 0) is 10.5 Å². The molecule has 0 spiro atoms. The molecule has 110 valence electrons. The van der Waals surface area contributed by atoms with Crippen molar-refractivity contribution in [1.82, 2.24) is 0 Å². The zero-order chi connectivity index (χ0) is 15.1. The van der Waals surface area contributed by atoms with Gasteiger partial charge in [-0.3, -0.25) is 4.79 Å². The van der Waals surface area contributed by atoms with Gasteiger partial charge in [-0.05, 0) is 42.0 Å². The molecule has 1 amide bonds. The lowest BCUT2D eigenvalue weighted by molar-refractivity contribution is -0.113. The highest BCUT2D eigenvalue weighted by molar-refractivity contribution is 9.10. The molecule has 0 atom stereocenters. The Hall–Kier alpha value is -1.46. The Labute approximate surface area is 137 Å². The normalized spacial score (nSPS) is 10.2. The Morgan fingerprint density at radius 1 is 1.24 bits per heavy atom. The molecule has 0 radical (unpaired) electrons. The first-order valence-electron chi connectivity index (χ1n) is 6.43. The third-order valence-corrected chi connectivity index (χ3v) is 4.30. The second-order valence-corrected chi connectivity index (χ2v) is 6.30. The summed E-state index contributed by atoms with van der Waals surface area (Å²) < 4.78 is 6.17. The van der Waals surface area contributed by atoms with Crippen LogP contribution in [-0.4, -0.2) is 18.8 Å². The summed E-state index contributed by atoms with van der Waals surface area (Å²) in [5, 5.41) is 2.87. The van der Waals surface area contributed by atoms with E-state index in [0.717, 1.165) is 27.2 Å². The van der Waals surface area contributed by atoms with Crippen molar-refractivity contribution in [2.45, 2.75) is 5.75 Å². The maximum absolute atomic E-state index is 11.8. The van der Waals surface area contributed by atoms with Crippen LogP contribution in [0.1, 0.15) is 5.56 Å². The molecule has 1 N–H and O–H groups in total. The first-order chi connectivity index (χ1) is 10.2. The number of carbonyl (C=O) groups is 1. The van der Waals surface area contributed by atoms with Gasteiger partial charge in [0.1, 0.15) is 5.75 Å². The van der Waals surface area contributed by atoms with Gasteiger partial charge in [-0.1, -0.05) is 28.1 Å². The maximum Gasteiger partial charge on any atom is 0.234 e. The standard InChI is InChI=1S/C16H16BrNO2S/c1-20-15-4-2-3-12(9-15)10-21-11-16(19)18-14-7-5-13(17)6-8-14/h2-9H,10-11H2,1H3,(H,18,19). The summed E-state index contributed by atoms with van der Waals surface area (Å²) in [6.45, 7) is 0. The van der Waals surface area contributed by atoms with Gasteiger partial charge in [-0.2, -0.15) is 0 Å². The SMILES string of the molecule is COc1cccc(CSCC(=O)Nc2ccc(Br)cc2)c1. The first kappa shape index (κ1) is 15.9. The van der Waals surface area contributed by atoms with Crippen LogP contribution >= 0.6 is 27.7 Å². The van der Waals surface area contributed by atoms with Crippen LogP contribution < -0.4 is 10.1 Å². The number of halogens is 1. The summed E-state index contributed by atoms with van der Waals surface area (Å²) in [6, 6.07) is 15.4. The van der Waals surface area contributed by atoms with Gasteiger partial charge in [0.25, 0.3) is 0 Å². The Morgan fingerprint density at radius 2 is 2.00 bits per heavy atom. The Balaban J connectivity index is 1.77. The monoisotopic (exact) mass is 365 g/mol. The lowest BCUT2D eigenvalue weighted by Crippen LogP contribution is -2.14. The number of amides is 1. The molecule has 5 heteroatoms. The predicted octanol–water partition coefficient (Wildman–Crippen LogP) is 4.33. The molecule has 0 heterocycles. The number of methoxy groups -OCH3 is 1. The number of ether oxygens (including phenoxy) is 1. The fourth-order valence-electron chi connectivity index (χ4n) is 1.75. The molecule has 21 heavy (non-hydrogen) atoms. The lowest BCUT2D eigenvalue weighted by atomic mass is 10.2. The Kier molecular flexibility index (Phi) is 6.14. The third-order valence-electron chi connectivity index (χ3n) is 2.76. The molecule has 0 saturated heterocycles. The molecular formula is C16H16BrNO2S. The number of nitrogens with one attached hydrogen (secondary N) is 1. The smallest absolute Gasteiger partial charge is 0.234 e. The van der Waals surface area contributed by atoms with E-state index in [9.17, 15) is 4.79 Å². The van der Waals surface area contributed by atoms with Gasteiger partial charge in [0.2, 0.25) is 5.91 Å². The number of thioether (sulfide) groups is 1. The molecule has 0 fully saturated rings. The number of rotatable bonds is 6. The summed E-state index contributed by atoms with van der Waals surface area (Å²) in [6.07, 6.45) is 0. The minimum atomic E-state index is 0.00483. The van der Waals surface area contributed by atoms with Crippen LogP contribution in [0.25, 0.3) is 0 Å². The number of anilines is 1.